The van der Waals surface area contributed by atoms with E-state index in [1.165, 1.54) is 0 Å². The van der Waals surface area contributed by atoms with Gasteiger partial charge in [-0.05, 0) is 17.7 Å². The molecule has 98 valence electrons. The van der Waals surface area contributed by atoms with Crippen molar-refractivity contribution < 1.29 is 19.1 Å². The number of esters is 2. The maximum Gasteiger partial charge on any atom is 0.310 e. The van der Waals surface area contributed by atoms with Gasteiger partial charge in [0.1, 0.15) is 12.4 Å². The molecule has 0 bridgehead atoms. The van der Waals surface area contributed by atoms with Crippen molar-refractivity contribution in [1.29, 1.82) is 0 Å². The second kappa shape index (κ2) is 6.79. The lowest BCUT2D eigenvalue weighted by atomic mass is 10.2. The van der Waals surface area contributed by atoms with Gasteiger partial charge in [0.25, 0.3) is 0 Å². The summed E-state index contributed by atoms with van der Waals surface area (Å²) in [6.45, 7) is 5.55. The Balaban J connectivity index is 2.50. The Hall–Kier alpha value is -1.84. The molecule has 0 atom stereocenters. The average Bonchev–Trinajstić information content (AvgIpc) is 2.37. The summed E-state index contributed by atoms with van der Waals surface area (Å²) in [4.78, 5) is 22.3. The van der Waals surface area contributed by atoms with E-state index in [9.17, 15) is 9.59 Å². The van der Waals surface area contributed by atoms with Crippen LogP contribution in [-0.4, -0.2) is 11.9 Å². The molecule has 0 saturated carbocycles. The Morgan fingerprint density at radius 1 is 1.17 bits per heavy atom. The summed E-state index contributed by atoms with van der Waals surface area (Å²) in [7, 11) is 0. The molecule has 0 saturated heterocycles. The van der Waals surface area contributed by atoms with Crippen LogP contribution in [-0.2, 0) is 20.9 Å². The number of benzene rings is 1. The van der Waals surface area contributed by atoms with E-state index in [2.05, 4.69) is 0 Å². The average molecular weight is 250 g/mol. The van der Waals surface area contributed by atoms with Crippen LogP contribution in [0.2, 0.25) is 0 Å². The van der Waals surface area contributed by atoms with Gasteiger partial charge >= 0.3 is 11.9 Å². The van der Waals surface area contributed by atoms with E-state index in [1.54, 1.807) is 45.0 Å². The molecule has 4 nitrogen and oxygen atoms in total. The molecule has 0 aliphatic carbocycles. The van der Waals surface area contributed by atoms with Gasteiger partial charge in [-0.2, -0.15) is 0 Å². The van der Waals surface area contributed by atoms with Gasteiger partial charge in [-0.15, -0.1) is 0 Å². The zero-order valence-electron chi connectivity index (χ0n) is 10.9. The summed E-state index contributed by atoms with van der Waals surface area (Å²) in [6, 6.07) is 6.91. The lowest BCUT2D eigenvalue weighted by Gasteiger charge is -2.08. The molecule has 0 unspecified atom stereocenters. The van der Waals surface area contributed by atoms with Crippen LogP contribution < -0.4 is 4.74 Å². The monoisotopic (exact) mass is 250 g/mol. The van der Waals surface area contributed by atoms with Crippen molar-refractivity contribution in [3.05, 3.63) is 29.8 Å². The van der Waals surface area contributed by atoms with Crippen LogP contribution in [0.1, 0.15) is 32.8 Å². The van der Waals surface area contributed by atoms with Crippen LogP contribution in [0.4, 0.5) is 0 Å². The minimum atomic E-state index is -0.269. The van der Waals surface area contributed by atoms with Crippen molar-refractivity contribution in [2.45, 2.75) is 33.8 Å². The minimum Gasteiger partial charge on any atom is -0.461 e. The van der Waals surface area contributed by atoms with Crippen molar-refractivity contribution in [2.75, 3.05) is 0 Å². The summed E-state index contributed by atoms with van der Waals surface area (Å²) in [5.41, 5.74) is 0.861. The van der Waals surface area contributed by atoms with Gasteiger partial charge in [-0.25, -0.2) is 0 Å². The standard InChI is InChI=1S/C14H18O4/c1-4-13(15)18-12-7-5-11(6-8-12)9-17-14(16)10(2)3/h5-8,10H,4,9H2,1-3H3. The van der Waals surface area contributed by atoms with Gasteiger partial charge in [-0.3, -0.25) is 9.59 Å². The molecule has 18 heavy (non-hydrogen) atoms. The van der Waals surface area contributed by atoms with E-state index < -0.39 is 0 Å². The summed E-state index contributed by atoms with van der Waals surface area (Å²) in [6.07, 6.45) is 0.341. The lowest BCUT2D eigenvalue weighted by molar-refractivity contribution is -0.148. The molecule has 0 radical (unpaired) electrons. The maximum absolute atomic E-state index is 11.3. The van der Waals surface area contributed by atoms with E-state index in [-0.39, 0.29) is 24.5 Å². The van der Waals surface area contributed by atoms with Crippen molar-refractivity contribution >= 4 is 11.9 Å². The summed E-state index contributed by atoms with van der Waals surface area (Å²) in [5.74, 6) is -0.124. The fourth-order valence-corrected chi connectivity index (χ4v) is 1.18. The largest absolute Gasteiger partial charge is 0.461 e. The normalized spacial score (nSPS) is 10.2. The molecule has 0 spiro atoms. The van der Waals surface area contributed by atoms with Gasteiger partial charge in [0.15, 0.2) is 0 Å². The van der Waals surface area contributed by atoms with E-state index in [0.29, 0.717) is 12.2 Å². The van der Waals surface area contributed by atoms with Gasteiger partial charge in [0.2, 0.25) is 0 Å². The van der Waals surface area contributed by atoms with Crippen LogP contribution in [0.15, 0.2) is 24.3 Å². The van der Waals surface area contributed by atoms with Gasteiger partial charge < -0.3 is 9.47 Å². The first kappa shape index (κ1) is 14.2. The fourth-order valence-electron chi connectivity index (χ4n) is 1.18. The van der Waals surface area contributed by atoms with E-state index >= 15 is 0 Å². The number of hydrogen-bond acceptors (Lipinski definition) is 4. The molecular weight excluding hydrogens is 232 g/mol. The highest BCUT2D eigenvalue weighted by atomic mass is 16.5. The Morgan fingerprint density at radius 2 is 1.78 bits per heavy atom. The second-order valence-electron chi connectivity index (χ2n) is 4.23. The van der Waals surface area contributed by atoms with Crippen molar-refractivity contribution in [2.24, 2.45) is 5.92 Å². The van der Waals surface area contributed by atoms with Crippen LogP contribution in [0, 0.1) is 5.92 Å². The second-order valence-corrected chi connectivity index (χ2v) is 4.23. The van der Waals surface area contributed by atoms with E-state index in [0.717, 1.165) is 5.56 Å². The zero-order valence-corrected chi connectivity index (χ0v) is 10.9. The first-order valence-corrected chi connectivity index (χ1v) is 5.99. The first-order chi connectivity index (χ1) is 8.52. The molecule has 0 N–H and O–H groups in total. The number of carbonyl (C=O) groups is 2. The third-order valence-corrected chi connectivity index (χ3v) is 2.30. The Bertz CT molecular complexity index is 406. The molecular formula is C14H18O4. The zero-order chi connectivity index (χ0) is 13.5. The number of rotatable bonds is 5. The topological polar surface area (TPSA) is 52.6 Å². The number of carbonyl (C=O) groups excluding carboxylic acids is 2. The molecule has 0 fully saturated rings. The highest BCUT2D eigenvalue weighted by Gasteiger charge is 2.08. The Kier molecular flexibility index (Phi) is 5.36. The van der Waals surface area contributed by atoms with Crippen molar-refractivity contribution in [3.8, 4) is 5.75 Å². The van der Waals surface area contributed by atoms with Crippen LogP contribution in [0.3, 0.4) is 0 Å². The van der Waals surface area contributed by atoms with E-state index in [1.807, 2.05) is 0 Å². The molecule has 0 aliphatic heterocycles. The molecule has 4 heteroatoms. The van der Waals surface area contributed by atoms with Crippen molar-refractivity contribution in [3.63, 3.8) is 0 Å². The van der Waals surface area contributed by atoms with E-state index in [4.69, 9.17) is 9.47 Å². The molecule has 0 amide bonds. The van der Waals surface area contributed by atoms with Gasteiger partial charge in [0, 0.05) is 6.42 Å². The maximum atomic E-state index is 11.3. The number of ether oxygens (including phenoxy) is 2. The lowest BCUT2D eigenvalue weighted by Crippen LogP contribution is -2.11. The molecule has 1 aromatic carbocycles. The Labute approximate surface area is 107 Å². The predicted octanol–water partition coefficient (Wildman–Crippen LogP) is 2.70. The van der Waals surface area contributed by atoms with Crippen molar-refractivity contribution in [1.82, 2.24) is 0 Å². The predicted molar refractivity (Wildman–Crippen MR) is 67.0 cm³/mol. The smallest absolute Gasteiger partial charge is 0.310 e. The van der Waals surface area contributed by atoms with Gasteiger partial charge in [-0.1, -0.05) is 32.9 Å². The highest BCUT2D eigenvalue weighted by molar-refractivity contribution is 5.72. The fraction of sp³-hybridized carbons (Fsp3) is 0.429. The van der Waals surface area contributed by atoms with Crippen LogP contribution >= 0.6 is 0 Å². The summed E-state index contributed by atoms with van der Waals surface area (Å²) < 4.78 is 10.1. The number of hydrogen-bond donors (Lipinski definition) is 0. The third kappa shape index (κ3) is 4.57. The summed E-state index contributed by atoms with van der Waals surface area (Å²) >= 11 is 0. The third-order valence-electron chi connectivity index (χ3n) is 2.30. The quantitative estimate of drug-likeness (QED) is 0.595. The molecule has 1 aromatic rings. The molecule has 0 heterocycles. The highest BCUT2D eigenvalue weighted by Crippen LogP contribution is 2.14. The SMILES string of the molecule is CCC(=O)Oc1ccc(COC(=O)C(C)C)cc1. The Morgan fingerprint density at radius 3 is 2.28 bits per heavy atom. The first-order valence-electron chi connectivity index (χ1n) is 5.99. The molecule has 1 rings (SSSR count). The summed E-state index contributed by atoms with van der Waals surface area (Å²) in [5, 5.41) is 0. The van der Waals surface area contributed by atoms with Crippen LogP contribution in [0.25, 0.3) is 0 Å². The van der Waals surface area contributed by atoms with Crippen LogP contribution in [0.5, 0.6) is 5.75 Å². The molecule has 0 aliphatic rings. The minimum absolute atomic E-state index is 0.130. The van der Waals surface area contributed by atoms with Gasteiger partial charge in [0.05, 0.1) is 5.92 Å². The molecule has 0 aromatic heterocycles.